The van der Waals surface area contributed by atoms with Gasteiger partial charge in [-0.05, 0) is 62.6 Å². The van der Waals surface area contributed by atoms with Crippen LogP contribution in [0.3, 0.4) is 0 Å². The Labute approximate surface area is 164 Å². The first kappa shape index (κ1) is 19.1. The molecule has 0 saturated heterocycles. The molecule has 0 aliphatic heterocycles. The van der Waals surface area contributed by atoms with Crippen molar-refractivity contribution in [3.8, 4) is 5.69 Å². The molecule has 1 aromatic carbocycles. The zero-order chi connectivity index (χ0) is 19.7. The van der Waals surface area contributed by atoms with Crippen LogP contribution in [-0.2, 0) is 6.54 Å². The van der Waals surface area contributed by atoms with E-state index in [1.165, 1.54) is 35.7 Å². The molecule has 4 rings (SSSR count). The van der Waals surface area contributed by atoms with Crippen molar-refractivity contribution in [1.29, 1.82) is 0 Å². The average molecular weight is 385 g/mol. The van der Waals surface area contributed by atoms with Gasteiger partial charge in [0.05, 0.1) is 5.69 Å². The highest BCUT2D eigenvalue weighted by Gasteiger charge is 2.30. The lowest BCUT2D eigenvalue weighted by molar-refractivity contribution is 0.134. The predicted molar refractivity (Wildman–Crippen MR) is 108 cm³/mol. The summed E-state index contributed by atoms with van der Waals surface area (Å²) in [7, 11) is 0. The van der Waals surface area contributed by atoms with Gasteiger partial charge in [0.15, 0.2) is 0 Å². The minimum atomic E-state index is -0.513. The summed E-state index contributed by atoms with van der Waals surface area (Å²) >= 11 is 0. The number of hydrogen-bond donors (Lipinski definition) is 2. The Morgan fingerprint density at radius 3 is 2.54 bits per heavy atom. The van der Waals surface area contributed by atoms with Gasteiger partial charge >= 0.3 is 5.69 Å². The summed E-state index contributed by atoms with van der Waals surface area (Å²) in [6.07, 6.45) is 8.32. The molecule has 0 amide bonds. The van der Waals surface area contributed by atoms with Gasteiger partial charge in [-0.3, -0.25) is 9.47 Å². The van der Waals surface area contributed by atoms with E-state index >= 15 is 0 Å². The van der Waals surface area contributed by atoms with E-state index in [0.29, 0.717) is 29.9 Å². The van der Waals surface area contributed by atoms with Gasteiger partial charge in [0.25, 0.3) is 0 Å². The van der Waals surface area contributed by atoms with Crippen molar-refractivity contribution in [2.45, 2.75) is 57.2 Å². The molecule has 2 aliphatic rings. The molecule has 2 aliphatic carbocycles. The lowest BCUT2D eigenvalue weighted by Gasteiger charge is -2.36. The molecule has 6 nitrogen and oxygen atoms in total. The summed E-state index contributed by atoms with van der Waals surface area (Å²) in [6.45, 7) is 1.62. The number of nitrogens with two attached hydrogens (primary N) is 2. The maximum absolute atomic E-state index is 14.9. The van der Waals surface area contributed by atoms with E-state index in [4.69, 9.17) is 11.5 Å². The van der Waals surface area contributed by atoms with Crippen molar-refractivity contribution in [3.63, 3.8) is 0 Å². The molecule has 4 N–H and O–H groups in total. The molecule has 28 heavy (non-hydrogen) atoms. The number of nitrogen functional groups attached to an aromatic ring is 1. The first-order valence-corrected chi connectivity index (χ1v) is 10.1. The third-order valence-electron chi connectivity index (χ3n) is 5.96. The van der Waals surface area contributed by atoms with Crippen molar-refractivity contribution in [3.05, 3.63) is 52.3 Å². The molecule has 0 bridgehead atoms. The summed E-state index contributed by atoms with van der Waals surface area (Å²) in [5.41, 5.74) is 12.2. The predicted octanol–water partition coefficient (Wildman–Crippen LogP) is 2.44. The van der Waals surface area contributed by atoms with E-state index < -0.39 is 5.69 Å². The minimum Gasteiger partial charge on any atom is -0.383 e. The zero-order valence-corrected chi connectivity index (χ0v) is 16.1. The van der Waals surface area contributed by atoms with Gasteiger partial charge in [0.2, 0.25) is 0 Å². The van der Waals surface area contributed by atoms with Crippen LogP contribution < -0.4 is 17.2 Å². The molecule has 0 spiro atoms. The second-order valence-electron chi connectivity index (χ2n) is 8.22. The normalized spacial score (nSPS) is 22.5. The van der Waals surface area contributed by atoms with Crippen molar-refractivity contribution in [2.75, 3.05) is 12.3 Å². The van der Waals surface area contributed by atoms with Gasteiger partial charge in [0.1, 0.15) is 11.6 Å². The van der Waals surface area contributed by atoms with Crippen LogP contribution in [0.15, 0.2) is 35.3 Å². The number of anilines is 1. The molecule has 2 aromatic rings. The molecule has 1 heterocycles. The highest BCUT2D eigenvalue weighted by atomic mass is 19.1. The number of aromatic nitrogens is 2. The highest BCUT2D eigenvalue weighted by molar-refractivity contribution is 5.37. The van der Waals surface area contributed by atoms with E-state index in [0.717, 1.165) is 38.1 Å². The molecular weight excluding hydrogens is 357 g/mol. The quantitative estimate of drug-likeness (QED) is 0.797. The molecule has 150 valence electrons. The second kappa shape index (κ2) is 8.01. The largest absolute Gasteiger partial charge is 0.383 e. The van der Waals surface area contributed by atoms with E-state index in [2.05, 4.69) is 9.88 Å². The van der Waals surface area contributed by atoms with Crippen molar-refractivity contribution < 1.29 is 4.39 Å². The van der Waals surface area contributed by atoms with Crippen LogP contribution in [0.1, 0.15) is 44.1 Å². The molecule has 2 fully saturated rings. The van der Waals surface area contributed by atoms with Gasteiger partial charge in [-0.25, -0.2) is 9.18 Å². The van der Waals surface area contributed by atoms with Gasteiger partial charge < -0.3 is 11.5 Å². The Hall–Kier alpha value is -2.25. The second-order valence-corrected chi connectivity index (χ2v) is 8.22. The van der Waals surface area contributed by atoms with Crippen molar-refractivity contribution in [2.24, 2.45) is 11.7 Å². The van der Waals surface area contributed by atoms with E-state index in [1.807, 2.05) is 0 Å². The van der Waals surface area contributed by atoms with E-state index in [1.54, 1.807) is 12.1 Å². The fourth-order valence-electron chi connectivity index (χ4n) is 4.09. The van der Waals surface area contributed by atoms with Crippen LogP contribution in [0.25, 0.3) is 5.69 Å². The Kier molecular flexibility index (Phi) is 5.46. The van der Waals surface area contributed by atoms with E-state index in [-0.39, 0.29) is 11.6 Å². The molecular formula is C21H28FN5O. The summed E-state index contributed by atoms with van der Waals surface area (Å²) in [4.78, 5) is 18.2. The molecule has 0 radical (unpaired) electrons. The van der Waals surface area contributed by atoms with Crippen LogP contribution in [-0.4, -0.2) is 33.1 Å². The lowest BCUT2D eigenvalue weighted by Crippen LogP contribution is -2.41. The van der Waals surface area contributed by atoms with Gasteiger partial charge in [-0.1, -0.05) is 6.07 Å². The summed E-state index contributed by atoms with van der Waals surface area (Å²) in [5.74, 6) is 0.605. The number of rotatable bonds is 6. The number of halogens is 1. The molecule has 2 saturated carbocycles. The first-order valence-electron chi connectivity index (χ1n) is 10.1. The monoisotopic (exact) mass is 385 g/mol. The SMILES string of the molecule is Nc1ccn(-c2ccc(CN(CC3CC3)C3CCC(N)CC3)c(F)c2)c(=O)n1. The lowest BCUT2D eigenvalue weighted by atomic mass is 9.90. The number of benzene rings is 1. The van der Waals surface area contributed by atoms with Gasteiger partial charge in [-0.15, -0.1) is 0 Å². The zero-order valence-electron chi connectivity index (χ0n) is 16.1. The fraction of sp³-hybridized carbons (Fsp3) is 0.524. The number of nitrogens with zero attached hydrogens (tertiary/aromatic N) is 3. The Morgan fingerprint density at radius 1 is 1.14 bits per heavy atom. The van der Waals surface area contributed by atoms with Crippen LogP contribution in [0.4, 0.5) is 10.2 Å². The highest BCUT2D eigenvalue weighted by Crippen LogP contribution is 2.33. The smallest absolute Gasteiger partial charge is 0.354 e. The maximum atomic E-state index is 14.9. The molecule has 0 atom stereocenters. The number of hydrogen-bond acceptors (Lipinski definition) is 5. The van der Waals surface area contributed by atoms with Gasteiger partial charge in [-0.2, -0.15) is 4.98 Å². The summed E-state index contributed by atoms with van der Waals surface area (Å²) in [6, 6.07) is 7.26. The average Bonchev–Trinajstić information content (AvgIpc) is 3.47. The van der Waals surface area contributed by atoms with Gasteiger partial charge in [0, 0.05) is 36.9 Å². The third-order valence-corrected chi connectivity index (χ3v) is 5.96. The topological polar surface area (TPSA) is 90.2 Å². The fourth-order valence-corrected chi connectivity index (χ4v) is 4.09. The Morgan fingerprint density at radius 2 is 1.89 bits per heavy atom. The summed E-state index contributed by atoms with van der Waals surface area (Å²) in [5, 5.41) is 0. The first-order chi connectivity index (χ1) is 13.5. The van der Waals surface area contributed by atoms with Crippen LogP contribution in [0, 0.1) is 11.7 Å². The van der Waals surface area contributed by atoms with Crippen LogP contribution >= 0.6 is 0 Å². The minimum absolute atomic E-state index is 0.154. The van der Waals surface area contributed by atoms with Crippen molar-refractivity contribution >= 4 is 5.82 Å². The molecule has 7 heteroatoms. The van der Waals surface area contributed by atoms with Crippen LogP contribution in [0.5, 0.6) is 0 Å². The van der Waals surface area contributed by atoms with Crippen LogP contribution in [0.2, 0.25) is 0 Å². The molecule has 0 unspecified atom stereocenters. The standard InChI is InChI=1S/C21H28FN5O/c22-19-11-18(27-10-9-20(24)25-21(27)28)6-3-15(19)13-26(12-14-1-2-14)17-7-4-16(23)5-8-17/h3,6,9-11,14,16-17H,1-2,4-5,7-8,12-13,23H2,(H2,24,25,28). The Bertz CT molecular complexity index is 887. The van der Waals surface area contributed by atoms with Crippen molar-refractivity contribution in [1.82, 2.24) is 14.5 Å². The third kappa shape index (κ3) is 4.42. The molecule has 1 aromatic heterocycles. The maximum Gasteiger partial charge on any atom is 0.354 e. The van der Waals surface area contributed by atoms with E-state index in [9.17, 15) is 9.18 Å². The summed E-state index contributed by atoms with van der Waals surface area (Å²) < 4.78 is 16.2. The Balaban J connectivity index is 1.53.